The molecule has 0 heteroatoms. The largest absolute Gasteiger partial charge is 0.0803 e. The van der Waals surface area contributed by atoms with Crippen LogP contribution < -0.4 is 0 Å². The van der Waals surface area contributed by atoms with Crippen molar-refractivity contribution in [2.24, 2.45) is 22.7 Å². The van der Waals surface area contributed by atoms with E-state index in [0.29, 0.717) is 10.8 Å². The van der Waals surface area contributed by atoms with Gasteiger partial charge in [0.2, 0.25) is 0 Å². The van der Waals surface area contributed by atoms with Crippen LogP contribution in [0.3, 0.4) is 0 Å². The molecule has 3 atom stereocenters. The van der Waals surface area contributed by atoms with Gasteiger partial charge >= 0.3 is 0 Å². The van der Waals surface area contributed by atoms with Gasteiger partial charge in [0.25, 0.3) is 0 Å². The molecule has 1 fully saturated rings. The number of unbranched alkanes of at least 4 members (excludes halogenated alkanes) is 1. The number of hydrogen-bond donors (Lipinski definition) is 0. The third-order valence-corrected chi connectivity index (χ3v) is 6.16. The third-order valence-electron chi connectivity index (χ3n) is 6.16. The van der Waals surface area contributed by atoms with E-state index in [4.69, 9.17) is 0 Å². The molecule has 0 nitrogen and oxygen atoms in total. The minimum Gasteiger partial charge on any atom is -0.0803 e. The summed E-state index contributed by atoms with van der Waals surface area (Å²) in [6.45, 7) is 14.4. The molecule has 0 aromatic carbocycles. The molecular formula is C20H34. The first kappa shape index (κ1) is 15.9. The lowest BCUT2D eigenvalue weighted by atomic mass is 9.71. The van der Waals surface area contributed by atoms with Crippen LogP contribution in [0.25, 0.3) is 0 Å². The lowest BCUT2D eigenvalue weighted by Crippen LogP contribution is -2.22. The highest BCUT2D eigenvalue weighted by atomic mass is 14.6. The van der Waals surface area contributed by atoms with Gasteiger partial charge in [0.1, 0.15) is 0 Å². The van der Waals surface area contributed by atoms with Crippen LogP contribution in [0.4, 0.5) is 0 Å². The van der Waals surface area contributed by atoms with E-state index in [9.17, 15) is 0 Å². The highest BCUT2D eigenvalue weighted by molar-refractivity contribution is 5.36. The van der Waals surface area contributed by atoms with Gasteiger partial charge in [-0.3, -0.25) is 0 Å². The highest BCUT2D eigenvalue weighted by Crippen LogP contribution is 2.61. The summed E-state index contributed by atoms with van der Waals surface area (Å²) >= 11 is 0. The van der Waals surface area contributed by atoms with Crippen LogP contribution in [0.5, 0.6) is 0 Å². The van der Waals surface area contributed by atoms with E-state index in [1.54, 1.807) is 11.1 Å². The molecule has 1 saturated carbocycles. The molecule has 0 heterocycles. The molecule has 0 radical (unpaired) electrons. The smallest absolute Gasteiger partial charge is 0.0104 e. The standard InChI is InChI=1S/C20H34/c1-7-9-12-19(4,5)18-11-10-17(13-15(18)3)20(6)14-16(20)8-2/h10-11,16-17H,7-9,12-14H2,1-6H3/t16-,17?,20+/m1/s1. The Morgan fingerprint density at radius 1 is 1.30 bits per heavy atom. The molecule has 2 aliphatic rings. The molecule has 0 saturated heterocycles. The zero-order valence-electron chi connectivity index (χ0n) is 14.6. The van der Waals surface area contributed by atoms with Gasteiger partial charge in [-0.1, -0.05) is 71.6 Å². The topological polar surface area (TPSA) is 0 Å². The fraction of sp³-hybridized carbons (Fsp3) is 0.800. The summed E-state index contributed by atoms with van der Waals surface area (Å²) in [7, 11) is 0. The first-order chi connectivity index (χ1) is 9.35. The van der Waals surface area contributed by atoms with Crippen LogP contribution >= 0.6 is 0 Å². The molecule has 0 aromatic heterocycles. The van der Waals surface area contributed by atoms with Crippen LogP contribution in [-0.2, 0) is 0 Å². The summed E-state index contributed by atoms with van der Waals surface area (Å²) in [5.41, 5.74) is 4.24. The van der Waals surface area contributed by atoms with E-state index in [-0.39, 0.29) is 0 Å². The Morgan fingerprint density at radius 2 is 2.00 bits per heavy atom. The summed E-state index contributed by atoms with van der Waals surface area (Å²) < 4.78 is 0. The van der Waals surface area contributed by atoms with Crippen molar-refractivity contribution in [1.29, 1.82) is 0 Å². The summed E-state index contributed by atoms with van der Waals surface area (Å²) in [6, 6.07) is 0. The fourth-order valence-electron chi connectivity index (χ4n) is 4.41. The van der Waals surface area contributed by atoms with Gasteiger partial charge in [-0.15, -0.1) is 0 Å². The minimum atomic E-state index is 0.357. The molecule has 1 unspecified atom stereocenters. The third kappa shape index (κ3) is 2.90. The van der Waals surface area contributed by atoms with E-state index in [0.717, 1.165) is 11.8 Å². The van der Waals surface area contributed by atoms with Gasteiger partial charge in [-0.05, 0) is 54.4 Å². The second-order valence-electron chi connectivity index (χ2n) is 8.17. The second kappa shape index (κ2) is 5.70. The molecule has 2 rings (SSSR count). The monoisotopic (exact) mass is 274 g/mol. The predicted octanol–water partition coefficient (Wildman–Crippen LogP) is 6.53. The van der Waals surface area contributed by atoms with Crippen molar-refractivity contribution in [1.82, 2.24) is 0 Å². The van der Waals surface area contributed by atoms with Gasteiger partial charge in [-0.25, -0.2) is 0 Å². The second-order valence-corrected chi connectivity index (χ2v) is 8.17. The predicted molar refractivity (Wildman–Crippen MR) is 89.8 cm³/mol. The Bertz CT molecular complexity index is 410. The van der Waals surface area contributed by atoms with Crippen molar-refractivity contribution in [2.75, 3.05) is 0 Å². The van der Waals surface area contributed by atoms with Crippen molar-refractivity contribution in [3.05, 3.63) is 23.3 Å². The van der Waals surface area contributed by atoms with Gasteiger partial charge < -0.3 is 0 Å². The maximum atomic E-state index is 2.55. The van der Waals surface area contributed by atoms with E-state index >= 15 is 0 Å². The molecule has 0 aromatic rings. The molecule has 0 spiro atoms. The van der Waals surface area contributed by atoms with Gasteiger partial charge in [0.15, 0.2) is 0 Å². The van der Waals surface area contributed by atoms with Gasteiger partial charge in [0, 0.05) is 0 Å². The number of allylic oxidation sites excluding steroid dienone is 4. The summed E-state index contributed by atoms with van der Waals surface area (Å²) in [5, 5.41) is 0. The Labute approximate surface area is 126 Å². The van der Waals surface area contributed by atoms with Crippen LogP contribution in [0.1, 0.15) is 80.1 Å². The SMILES string of the molecule is CCCCC(C)(C)C1=C(C)CC([C@@]2(C)C[C@H]2CC)C=C1. The quantitative estimate of drug-likeness (QED) is 0.516. The molecule has 0 N–H and O–H groups in total. The Balaban J connectivity index is 2.07. The average Bonchev–Trinajstić information content (AvgIpc) is 3.09. The number of rotatable bonds is 6. The molecule has 2 aliphatic carbocycles. The van der Waals surface area contributed by atoms with Crippen LogP contribution in [-0.4, -0.2) is 0 Å². The molecular weight excluding hydrogens is 240 g/mol. The first-order valence-electron chi connectivity index (χ1n) is 8.73. The summed E-state index contributed by atoms with van der Waals surface area (Å²) in [4.78, 5) is 0. The summed E-state index contributed by atoms with van der Waals surface area (Å²) in [5.74, 6) is 1.76. The Hall–Kier alpha value is -0.520. The molecule has 0 aliphatic heterocycles. The van der Waals surface area contributed by atoms with Crippen molar-refractivity contribution in [3.63, 3.8) is 0 Å². The Kier molecular flexibility index (Phi) is 4.52. The van der Waals surface area contributed by atoms with E-state index in [1.165, 1.54) is 38.5 Å². The molecule has 114 valence electrons. The number of hydrogen-bond acceptors (Lipinski definition) is 0. The molecule has 20 heavy (non-hydrogen) atoms. The van der Waals surface area contributed by atoms with E-state index in [2.05, 4.69) is 53.7 Å². The lowest BCUT2D eigenvalue weighted by molar-refractivity contribution is 0.343. The van der Waals surface area contributed by atoms with Gasteiger partial charge in [0.05, 0.1) is 0 Å². The van der Waals surface area contributed by atoms with Crippen molar-refractivity contribution in [2.45, 2.75) is 80.1 Å². The van der Waals surface area contributed by atoms with E-state index < -0.39 is 0 Å². The minimum absolute atomic E-state index is 0.357. The zero-order valence-corrected chi connectivity index (χ0v) is 14.6. The highest BCUT2D eigenvalue weighted by Gasteiger charge is 2.53. The van der Waals surface area contributed by atoms with Crippen LogP contribution in [0.15, 0.2) is 23.3 Å². The lowest BCUT2D eigenvalue weighted by Gasteiger charge is -2.34. The first-order valence-corrected chi connectivity index (χ1v) is 8.73. The summed E-state index contributed by atoms with van der Waals surface area (Å²) in [6.07, 6.45) is 13.1. The van der Waals surface area contributed by atoms with Crippen molar-refractivity contribution < 1.29 is 0 Å². The average molecular weight is 274 g/mol. The van der Waals surface area contributed by atoms with Crippen LogP contribution in [0, 0.1) is 22.7 Å². The maximum Gasteiger partial charge on any atom is -0.0104 e. The van der Waals surface area contributed by atoms with Gasteiger partial charge in [-0.2, -0.15) is 0 Å². The fourth-order valence-corrected chi connectivity index (χ4v) is 4.41. The normalized spacial score (nSPS) is 33.7. The van der Waals surface area contributed by atoms with Crippen LogP contribution in [0.2, 0.25) is 0 Å². The van der Waals surface area contributed by atoms with Crippen molar-refractivity contribution >= 4 is 0 Å². The van der Waals surface area contributed by atoms with E-state index in [1.807, 2.05) is 0 Å². The molecule has 0 bridgehead atoms. The zero-order chi connectivity index (χ0) is 15.0. The Morgan fingerprint density at radius 3 is 2.50 bits per heavy atom. The van der Waals surface area contributed by atoms with Crippen molar-refractivity contribution in [3.8, 4) is 0 Å². The molecule has 0 amide bonds. The maximum absolute atomic E-state index is 2.55.